The normalized spacial score (nSPS) is 17.9. The lowest BCUT2D eigenvalue weighted by Crippen LogP contribution is -2.47. The lowest BCUT2D eigenvalue weighted by molar-refractivity contribution is -0.181. The van der Waals surface area contributed by atoms with E-state index in [0.29, 0.717) is 60.6 Å². The van der Waals surface area contributed by atoms with Crippen LogP contribution in [0.15, 0.2) is 54.6 Å². The molecular formula is C23H21Cl2N3O3. The number of likely N-dealkylation sites (tertiary alicyclic amines) is 1. The minimum atomic E-state index is -0.532. The Morgan fingerprint density at radius 2 is 1.65 bits per heavy atom. The number of carbonyl (C=O) groups excluding carboxylic acids is 1. The lowest BCUT2D eigenvalue weighted by Gasteiger charge is -2.37. The molecule has 0 N–H and O–H groups in total. The number of benzene rings is 2. The predicted octanol–water partition coefficient (Wildman–Crippen LogP) is 4.83. The zero-order valence-electron chi connectivity index (χ0n) is 16.8. The van der Waals surface area contributed by atoms with E-state index in [1.165, 1.54) is 0 Å². The number of ether oxygens (including phenoxy) is 2. The second kappa shape index (κ2) is 8.28. The van der Waals surface area contributed by atoms with Crippen LogP contribution in [0, 0.1) is 0 Å². The maximum atomic E-state index is 13.5. The van der Waals surface area contributed by atoms with Crippen LogP contribution >= 0.6 is 23.2 Å². The Kier molecular flexibility index (Phi) is 5.48. The van der Waals surface area contributed by atoms with Crippen molar-refractivity contribution in [1.82, 2.24) is 14.7 Å². The molecule has 2 saturated heterocycles. The maximum Gasteiger partial charge on any atom is 0.272 e. The number of aromatic nitrogens is 2. The molecule has 8 heteroatoms. The van der Waals surface area contributed by atoms with Crippen molar-refractivity contribution in [3.05, 3.63) is 70.3 Å². The van der Waals surface area contributed by atoms with Gasteiger partial charge in [0.1, 0.15) is 5.69 Å². The van der Waals surface area contributed by atoms with Gasteiger partial charge in [0.05, 0.1) is 29.6 Å². The van der Waals surface area contributed by atoms with Crippen molar-refractivity contribution in [2.24, 2.45) is 0 Å². The third-order valence-electron chi connectivity index (χ3n) is 5.78. The average Bonchev–Trinajstić information content (AvgIpc) is 3.42. The number of hydrogen-bond acceptors (Lipinski definition) is 4. The van der Waals surface area contributed by atoms with Gasteiger partial charge in [-0.15, -0.1) is 0 Å². The topological polar surface area (TPSA) is 56.6 Å². The van der Waals surface area contributed by atoms with Crippen LogP contribution in [0.3, 0.4) is 0 Å². The summed E-state index contributed by atoms with van der Waals surface area (Å²) in [4.78, 5) is 15.3. The molecular weight excluding hydrogens is 437 g/mol. The second-order valence-corrected chi connectivity index (χ2v) is 8.53. The quantitative estimate of drug-likeness (QED) is 0.565. The van der Waals surface area contributed by atoms with Crippen molar-refractivity contribution >= 4 is 29.1 Å². The smallest absolute Gasteiger partial charge is 0.272 e. The molecule has 0 aliphatic carbocycles. The number of carbonyl (C=O) groups is 1. The molecule has 0 radical (unpaired) electrons. The molecule has 6 nitrogen and oxygen atoms in total. The van der Waals surface area contributed by atoms with Gasteiger partial charge in [0, 0.05) is 36.5 Å². The third kappa shape index (κ3) is 3.96. The number of amides is 1. The van der Waals surface area contributed by atoms with E-state index in [-0.39, 0.29) is 5.91 Å². The van der Waals surface area contributed by atoms with Crippen molar-refractivity contribution < 1.29 is 14.3 Å². The van der Waals surface area contributed by atoms with Crippen LogP contribution in [0.2, 0.25) is 10.0 Å². The highest BCUT2D eigenvalue weighted by atomic mass is 35.5. The highest BCUT2D eigenvalue weighted by Gasteiger charge is 2.41. The van der Waals surface area contributed by atoms with Crippen LogP contribution in [0.4, 0.5) is 0 Å². The molecule has 5 rings (SSSR count). The molecule has 1 aromatic heterocycles. The van der Waals surface area contributed by atoms with Gasteiger partial charge in [-0.05, 0) is 36.4 Å². The molecule has 2 aromatic carbocycles. The molecule has 3 aromatic rings. The van der Waals surface area contributed by atoms with E-state index in [4.69, 9.17) is 37.8 Å². The molecule has 0 unspecified atom stereocenters. The first-order valence-corrected chi connectivity index (χ1v) is 11.0. The molecule has 160 valence electrons. The van der Waals surface area contributed by atoms with Gasteiger partial charge in [-0.3, -0.25) is 4.79 Å². The largest absolute Gasteiger partial charge is 0.347 e. The van der Waals surface area contributed by atoms with Gasteiger partial charge in [-0.2, -0.15) is 5.10 Å². The number of halogens is 2. The summed E-state index contributed by atoms with van der Waals surface area (Å²) in [6.45, 7) is 2.34. The van der Waals surface area contributed by atoms with Crippen molar-refractivity contribution in [2.45, 2.75) is 18.6 Å². The van der Waals surface area contributed by atoms with Gasteiger partial charge in [0.2, 0.25) is 0 Å². The van der Waals surface area contributed by atoms with Crippen molar-refractivity contribution in [1.29, 1.82) is 0 Å². The second-order valence-electron chi connectivity index (χ2n) is 7.68. The molecule has 2 aliphatic heterocycles. The Morgan fingerprint density at radius 3 is 2.32 bits per heavy atom. The summed E-state index contributed by atoms with van der Waals surface area (Å²) in [6.07, 6.45) is 1.32. The molecule has 1 amide bonds. The Hall–Kier alpha value is -2.38. The van der Waals surface area contributed by atoms with E-state index in [2.05, 4.69) is 0 Å². The SMILES string of the molecule is O=C(c1cc(-c2ccccc2Cl)nn1-c1ccc(Cl)cc1)N1CCC2(CC1)OCCO2. The van der Waals surface area contributed by atoms with Crippen LogP contribution in [0.1, 0.15) is 23.3 Å². The first kappa shape index (κ1) is 20.5. The number of hydrogen-bond donors (Lipinski definition) is 0. The predicted molar refractivity (Wildman–Crippen MR) is 119 cm³/mol. The van der Waals surface area contributed by atoms with E-state index < -0.39 is 5.79 Å². The Bertz CT molecular complexity index is 1100. The summed E-state index contributed by atoms with van der Waals surface area (Å²) in [7, 11) is 0. The highest BCUT2D eigenvalue weighted by Crippen LogP contribution is 2.33. The summed E-state index contributed by atoms with van der Waals surface area (Å²) in [6, 6.07) is 16.5. The minimum Gasteiger partial charge on any atom is -0.347 e. The van der Waals surface area contributed by atoms with Gasteiger partial charge < -0.3 is 14.4 Å². The fourth-order valence-corrected chi connectivity index (χ4v) is 4.47. The van der Waals surface area contributed by atoms with Gasteiger partial charge in [-0.1, -0.05) is 41.4 Å². The van der Waals surface area contributed by atoms with Crippen molar-refractivity contribution in [3.63, 3.8) is 0 Å². The van der Waals surface area contributed by atoms with Crippen LogP contribution in [-0.4, -0.2) is 52.7 Å². The fourth-order valence-electron chi connectivity index (χ4n) is 4.11. The molecule has 1 spiro atoms. The summed E-state index contributed by atoms with van der Waals surface area (Å²) in [5.74, 6) is -0.621. The van der Waals surface area contributed by atoms with Gasteiger partial charge in [0.25, 0.3) is 5.91 Å². The molecule has 2 fully saturated rings. The first-order chi connectivity index (χ1) is 15.0. The van der Waals surface area contributed by atoms with Gasteiger partial charge in [-0.25, -0.2) is 4.68 Å². The van der Waals surface area contributed by atoms with E-state index in [1.807, 2.05) is 41.3 Å². The summed E-state index contributed by atoms with van der Waals surface area (Å²) in [5, 5.41) is 5.92. The molecule has 0 saturated carbocycles. The van der Waals surface area contributed by atoms with Crippen LogP contribution in [-0.2, 0) is 9.47 Å². The van der Waals surface area contributed by atoms with Crippen LogP contribution in [0.25, 0.3) is 16.9 Å². The molecule has 2 aliphatic rings. The lowest BCUT2D eigenvalue weighted by atomic mass is 10.0. The van der Waals surface area contributed by atoms with Gasteiger partial charge >= 0.3 is 0 Å². The fraction of sp³-hybridized carbons (Fsp3) is 0.304. The van der Waals surface area contributed by atoms with Crippen LogP contribution < -0.4 is 0 Å². The zero-order chi connectivity index (χ0) is 21.4. The highest BCUT2D eigenvalue weighted by molar-refractivity contribution is 6.33. The standard InChI is InChI=1S/C23H21Cl2N3O3/c24-16-5-7-17(8-6-16)28-21(15-20(26-28)18-3-1-2-4-19(18)25)22(29)27-11-9-23(10-12-27)30-13-14-31-23/h1-8,15H,9-14H2. The number of rotatable bonds is 3. The average molecular weight is 458 g/mol. The van der Waals surface area contributed by atoms with E-state index >= 15 is 0 Å². The monoisotopic (exact) mass is 457 g/mol. The van der Waals surface area contributed by atoms with Gasteiger partial charge in [0.15, 0.2) is 5.79 Å². The number of piperidine rings is 1. The summed E-state index contributed by atoms with van der Waals surface area (Å²) < 4.78 is 13.2. The first-order valence-electron chi connectivity index (χ1n) is 10.2. The van der Waals surface area contributed by atoms with Crippen LogP contribution in [0.5, 0.6) is 0 Å². The Labute approximate surface area is 190 Å². The Morgan fingerprint density at radius 1 is 0.968 bits per heavy atom. The Balaban J connectivity index is 1.50. The molecule has 31 heavy (non-hydrogen) atoms. The molecule has 0 bridgehead atoms. The summed E-state index contributed by atoms with van der Waals surface area (Å²) >= 11 is 12.5. The number of nitrogens with zero attached hydrogens (tertiary/aromatic N) is 3. The van der Waals surface area contributed by atoms with Crippen molar-refractivity contribution in [2.75, 3.05) is 26.3 Å². The minimum absolute atomic E-state index is 0.0893. The summed E-state index contributed by atoms with van der Waals surface area (Å²) in [5.41, 5.74) is 2.64. The zero-order valence-corrected chi connectivity index (χ0v) is 18.3. The van der Waals surface area contributed by atoms with Crippen molar-refractivity contribution in [3.8, 4) is 16.9 Å². The maximum absolute atomic E-state index is 13.5. The molecule has 0 atom stereocenters. The third-order valence-corrected chi connectivity index (χ3v) is 6.36. The molecule has 3 heterocycles. The van der Waals surface area contributed by atoms with E-state index in [1.54, 1.807) is 22.9 Å². The van der Waals surface area contributed by atoms with E-state index in [9.17, 15) is 4.79 Å². The van der Waals surface area contributed by atoms with E-state index in [0.717, 1.165) is 11.3 Å².